The largest absolute Gasteiger partial charge is 0.499 e. The van der Waals surface area contributed by atoms with Crippen LogP contribution in [0.2, 0.25) is 0 Å². The van der Waals surface area contributed by atoms with Crippen LogP contribution in [0.15, 0.2) is 23.1 Å². The summed E-state index contributed by atoms with van der Waals surface area (Å²) in [5.74, 6) is 0. The van der Waals surface area contributed by atoms with E-state index in [2.05, 4.69) is 12.6 Å². The van der Waals surface area contributed by atoms with Crippen LogP contribution in [-0.4, -0.2) is 5.11 Å². The van der Waals surface area contributed by atoms with Gasteiger partial charge in [0.05, 0.1) is 17.2 Å². The summed E-state index contributed by atoms with van der Waals surface area (Å²) in [5.41, 5.74) is 0.711. The Morgan fingerprint density at radius 1 is 1.50 bits per heavy atom. The molecule has 0 aliphatic carbocycles. The van der Waals surface area contributed by atoms with Crippen LogP contribution < -0.4 is 0 Å². The highest BCUT2D eigenvalue weighted by molar-refractivity contribution is 7.80. The maximum absolute atomic E-state index is 9.62. The quantitative estimate of drug-likeness (QED) is 0.727. The van der Waals surface area contributed by atoms with Crippen molar-refractivity contribution in [1.82, 2.24) is 0 Å². The molecule has 4 heteroatoms. The first-order valence-electron chi connectivity index (χ1n) is 4.03. The lowest BCUT2D eigenvalue weighted by atomic mass is 10.1. The predicted molar refractivity (Wildman–Crippen MR) is 60.1 cm³/mol. The molecule has 0 spiro atoms. The Morgan fingerprint density at radius 2 is 2.29 bits per heavy atom. The molecule has 0 amide bonds. The summed E-state index contributed by atoms with van der Waals surface area (Å²) in [5, 5.41) is 19.4. The summed E-state index contributed by atoms with van der Waals surface area (Å²) in [6.45, 7) is 0. The highest BCUT2D eigenvalue weighted by Gasteiger charge is 2.11. The van der Waals surface area contributed by atoms with Crippen LogP contribution in [0.25, 0.3) is 10.1 Å². The molecule has 2 aromatic rings. The SMILES string of the molecule is N#CCc1c(O)sc2c(S)cccc12. The number of benzene rings is 1. The molecule has 14 heavy (non-hydrogen) atoms. The monoisotopic (exact) mass is 221 g/mol. The Kier molecular flexibility index (Phi) is 2.36. The van der Waals surface area contributed by atoms with Crippen molar-refractivity contribution in [3.63, 3.8) is 0 Å². The summed E-state index contributed by atoms with van der Waals surface area (Å²) >= 11 is 5.57. The molecule has 1 heterocycles. The number of thiol groups is 1. The summed E-state index contributed by atoms with van der Waals surface area (Å²) < 4.78 is 0.943. The van der Waals surface area contributed by atoms with Crippen LogP contribution in [0.4, 0.5) is 0 Å². The van der Waals surface area contributed by atoms with E-state index in [-0.39, 0.29) is 11.5 Å². The maximum atomic E-state index is 9.62. The van der Waals surface area contributed by atoms with Crippen molar-refractivity contribution >= 4 is 34.1 Å². The summed E-state index contributed by atoms with van der Waals surface area (Å²) in [6.07, 6.45) is 0.239. The molecule has 0 unspecified atom stereocenters. The molecular formula is C10H7NOS2. The fraction of sp³-hybridized carbons (Fsp3) is 0.100. The molecule has 0 atom stereocenters. The predicted octanol–water partition coefficient (Wildman–Crippen LogP) is 2.96. The zero-order valence-electron chi connectivity index (χ0n) is 7.19. The molecule has 1 aromatic carbocycles. The molecule has 2 rings (SSSR count). The van der Waals surface area contributed by atoms with Crippen molar-refractivity contribution in [2.75, 3.05) is 0 Å². The Bertz CT molecular complexity index is 525. The lowest BCUT2D eigenvalue weighted by Gasteiger charge is -1.94. The highest BCUT2D eigenvalue weighted by atomic mass is 32.1. The van der Waals surface area contributed by atoms with Crippen LogP contribution >= 0.6 is 24.0 Å². The van der Waals surface area contributed by atoms with Gasteiger partial charge in [0.1, 0.15) is 0 Å². The molecule has 0 fully saturated rings. The molecule has 70 valence electrons. The van der Waals surface area contributed by atoms with Gasteiger partial charge in [0.2, 0.25) is 0 Å². The Morgan fingerprint density at radius 3 is 3.00 bits per heavy atom. The van der Waals surface area contributed by atoms with Crippen molar-refractivity contribution in [2.45, 2.75) is 11.3 Å². The zero-order chi connectivity index (χ0) is 10.1. The first-order valence-corrected chi connectivity index (χ1v) is 5.29. The Labute approximate surface area is 90.8 Å². The molecule has 0 aliphatic heterocycles. The third-order valence-corrected chi connectivity index (χ3v) is 3.64. The normalized spacial score (nSPS) is 10.3. The number of aromatic hydroxyl groups is 1. The summed E-state index contributed by atoms with van der Waals surface area (Å²) in [6, 6.07) is 7.69. The van der Waals surface area contributed by atoms with Crippen molar-refractivity contribution in [3.05, 3.63) is 23.8 Å². The second-order valence-corrected chi connectivity index (χ2v) is 4.36. The molecule has 2 nitrogen and oxygen atoms in total. The second-order valence-electron chi connectivity index (χ2n) is 2.87. The van der Waals surface area contributed by atoms with E-state index in [9.17, 15) is 5.11 Å². The van der Waals surface area contributed by atoms with Gasteiger partial charge in [-0.25, -0.2) is 0 Å². The van der Waals surface area contributed by atoms with E-state index in [1.54, 1.807) is 0 Å². The van der Waals surface area contributed by atoms with Crippen LogP contribution in [0.5, 0.6) is 5.06 Å². The smallest absolute Gasteiger partial charge is 0.176 e. The van der Waals surface area contributed by atoms with E-state index < -0.39 is 0 Å². The van der Waals surface area contributed by atoms with Crippen molar-refractivity contribution in [2.24, 2.45) is 0 Å². The Hall–Kier alpha value is -1.18. The molecule has 0 bridgehead atoms. The average Bonchev–Trinajstić information content (AvgIpc) is 2.47. The van der Waals surface area contributed by atoms with Gasteiger partial charge in [0, 0.05) is 15.8 Å². The number of rotatable bonds is 1. The van der Waals surface area contributed by atoms with Crippen molar-refractivity contribution in [3.8, 4) is 11.1 Å². The van der Waals surface area contributed by atoms with E-state index in [0.717, 1.165) is 15.0 Å². The fourth-order valence-corrected chi connectivity index (χ4v) is 2.71. The number of hydrogen-bond donors (Lipinski definition) is 2. The molecule has 0 radical (unpaired) electrons. The first-order chi connectivity index (χ1) is 6.74. The van der Waals surface area contributed by atoms with Crippen LogP contribution in [0.3, 0.4) is 0 Å². The van der Waals surface area contributed by atoms with Gasteiger partial charge in [0.25, 0.3) is 0 Å². The minimum Gasteiger partial charge on any atom is -0.499 e. The van der Waals surface area contributed by atoms with Gasteiger partial charge in [-0.2, -0.15) is 5.26 Å². The number of hydrogen-bond acceptors (Lipinski definition) is 4. The van der Waals surface area contributed by atoms with E-state index >= 15 is 0 Å². The van der Waals surface area contributed by atoms with E-state index in [1.807, 2.05) is 24.3 Å². The van der Waals surface area contributed by atoms with Gasteiger partial charge >= 0.3 is 0 Å². The number of nitriles is 1. The fourth-order valence-electron chi connectivity index (χ4n) is 1.39. The van der Waals surface area contributed by atoms with E-state index in [4.69, 9.17) is 5.26 Å². The molecular weight excluding hydrogens is 214 g/mol. The van der Waals surface area contributed by atoms with Crippen molar-refractivity contribution < 1.29 is 5.11 Å². The topological polar surface area (TPSA) is 44.0 Å². The maximum Gasteiger partial charge on any atom is 0.176 e. The third kappa shape index (κ3) is 1.35. The Balaban J connectivity index is 2.78. The lowest BCUT2D eigenvalue weighted by molar-refractivity contribution is 0.486. The van der Waals surface area contributed by atoms with Gasteiger partial charge < -0.3 is 5.11 Å². The van der Waals surface area contributed by atoms with Gasteiger partial charge in [-0.15, -0.1) is 12.6 Å². The molecule has 1 N–H and O–H groups in total. The van der Waals surface area contributed by atoms with E-state index in [0.29, 0.717) is 5.56 Å². The molecule has 0 saturated carbocycles. The zero-order valence-corrected chi connectivity index (χ0v) is 8.90. The van der Waals surface area contributed by atoms with Crippen LogP contribution in [-0.2, 0) is 6.42 Å². The highest BCUT2D eigenvalue weighted by Crippen LogP contribution is 2.39. The summed E-state index contributed by atoms with van der Waals surface area (Å²) in [4.78, 5) is 0.840. The lowest BCUT2D eigenvalue weighted by Crippen LogP contribution is -1.78. The van der Waals surface area contributed by atoms with Gasteiger partial charge in [-0.3, -0.25) is 0 Å². The van der Waals surface area contributed by atoms with E-state index in [1.165, 1.54) is 11.3 Å². The second kappa shape index (κ2) is 3.52. The third-order valence-electron chi connectivity index (χ3n) is 2.03. The van der Waals surface area contributed by atoms with Crippen molar-refractivity contribution in [1.29, 1.82) is 5.26 Å². The first kappa shape index (κ1) is 9.38. The summed E-state index contributed by atoms with van der Waals surface area (Å²) in [7, 11) is 0. The van der Waals surface area contributed by atoms with Gasteiger partial charge in [-0.05, 0) is 6.07 Å². The molecule has 0 saturated heterocycles. The van der Waals surface area contributed by atoms with Crippen LogP contribution in [0.1, 0.15) is 5.56 Å². The van der Waals surface area contributed by atoms with Gasteiger partial charge in [-0.1, -0.05) is 23.5 Å². The molecule has 1 aromatic heterocycles. The van der Waals surface area contributed by atoms with Crippen LogP contribution in [0, 0.1) is 11.3 Å². The number of fused-ring (bicyclic) bond motifs is 1. The molecule has 0 aliphatic rings. The average molecular weight is 221 g/mol. The number of nitrogens with zero attached hydrogens (tertiary/aromatic N) is 1. The minimum absolute atomic E-state index is 0.225. The van der Waals surface area contributed by atoms with Gasteiger partial charge in [0.15, 0.2) is 5.06 Å². The minimum atomic E-state index is 0.225. The number of thiophene rings is 1. The standard InChI is InChI=1S/C10H7NOS2/c11-5-4-7-6-2-1-3-8(13)9(6)14-10(7)12/h1-3,12-13H,4H2.